The van der Waals surface area contributed by atoms with Crippen LogP contribution in [0.4, 0.5) is 5.69 Å². The molecule has 0 radical (unpaired) electrons. The summed E-state index contributed by atoms with van der Waals surface area (Å²) in [6.45, 7) is 3.86. The number of nitrogens with zero attached hydrogens (tertiary/aromatic N) is 2. The summed E-state index contributed by atoms with van der Waals surface area (Å²) in [5.41, 5.74) is 6.24. The SMILES string of the molecule is CNC(=O)Cn1cc(NC(=O)[C@H](N)C(C)C)cn1. The van der Waals surface area contributed by atoms with Crippen molar-refractivity contribution in [3.63, 3.8) is 0 Å². The van der Waals surface area contributed by atoms with Crippen molar-refractivity contribution in [1.82, 2.24) is 15.1 Å². The average molecular weight is 253 g/mol. The van der Waals surface area contributed by atoms with E-state index in [1.165, 1.54) is 10.9 Å². The van der Waals surface area contributed by atoms with Crippen LogP contribution in [0.15, 0.2) is 12.4 Å². The molecular formula is C11H19N5O2. The number of carbonyl (C=O) groups is 2. The summed E-state index contributed by atoms with van der Waals surface area (Å²) in [6, 6.07) is -0.563. The summed E-state index contributed by atoms with van der Waals surface area (Å²) < 4.78 is 1.44. The lowest BCUT2D eigenvalue weighted by Crippen LogP contribution is -2.39. The maximum atomic E-state index is 11.7. The summed E-state index contributed by atoms with van der Waals surface area (Å²) >= 11 is 0. The first kappa shape index (κ1) is 14.2. The van der Waals surface area contributed by atoms with Gasteiger partial charge in [0, 0.05) is 13.2 Å². The largest absolute Gasteiger partial charge is 0.358 e. The second-order valence-corrected chi connectivity index (χ2v) is 4.36. The zero-order valence-electron chi connectivity index (χ0n) is 10.8. The van der Waals surface area contributed by atoms with Crippen LogP contribution in [0.25, 0.3) is 0 Å². The summed E-state index contributed by atoms with van der Waals surface area (Å²) in [5, 5.41) is 9.11. The molecule has 0 saturated carbocycles. The summed E-state index contributed by atoms with van der Waals surface area (Å²) in [4.78, 5) is 22.8. The van der Waals surface area contributed by atoms with Gasteiger partial charge in [0.2, 0.25) is 11.8 Å². The van der Waals surface area contributed by atoms with Gasteiger partial charge in [0.15, 0.2) is 0 Å². The molecule has 0 saturated heterocycles. The van der Waals surface area contributed by atoms with Crippen LogP contribution in [0, 0.1) is 5.92 Å². The molecule has 7 heteroatoms. The molecule has 0 fully saturated rings. The monoisotopic (exact) mass is 253 g/mol. The Labute approximate surface area is 106 Å². The van der Waals surface area contributed by atoms with Gasteiger partial charge in [0.1, 0.15) is 6.54 Å². The molecule has 0 aromatic carbocycles. The molecule has 1 atom stereocenters. The smallest absolute Gasteiger partial charge is 0.241 e. The van der Waals surface area contributed by atoms with E-state index in [0.717, 1.165) is 0 Å². The van der Waals surface area contributed by atoms with Gasteiger partial charge >= 0.3 is 0 Å². The number of nitrogens with two attached hydrogens (primary N) is 1. The van der Waals surface area contributed by atoms with E-state index in [-0.39, 0.29) is 24.3 Å². The summed E-state index contributed by atoms with van der Waals surface area (Å²) in [7, 11) is 1.55. The van der Waals surface area contributed by atoms with E-state index in [9.17, 15) is 9.59 Å². The Hall–Kier alpha value is -1.89. The van der Waals surface area contributed by atoms with Crippen LogP contribution in [-0.4, -0.2) is 34.7 Å². The van der Waals surface area contributed by atoms with Crippen molar-refractivity contribution in [3.05, 3.63) is 12.4 Å². The van der Waals surface area contributed by atoms with Crippen LogP contribution >= 0.6 is 0 Å². The fourth-order valence-corrected chi connectivity index (χ4v) is 1.27. The molecule has 100 valence electrons. The lowest BCUT2D eigenvalue weighted by atomic mass is 10.1. The van der Waals surface area contributed by atoms with E-state index in [1.54, 1.807) is 13.2 Å². The Morgan fingerprint density at radius 2 is 2.17 bits per heavy atom. The molecule has 0 aliphatic rings. The van der Waals surface area contributed by atoms with Gasteiger partial charge in [-0.1, -0.05) is 13.8 Å². The number of carbonyl (C=O) groups excluding carboxylic acids is 2. The number of anilines is 1. The second-order valence-electron chi connectivity index (χ2n) is 4.36. The number of aromatic nitrogens is 2. The van der Waals surface area contributed by atoms with Crippen molar-refractivity contribution in [3.8, 4) is 0 Å². The van der Waals surface area contributed by atoms with Crippen LogP contribution in [0.3, 0.4) is 0 Å². The van der Waals surface area contributed by atoms with Crippen molar-refractivity contribution in [2.45, 2.75) is 26.4 Å². The number of amides is 2. The van der Waals surface area contributed by atoms with Gasteiger partial charge in [-0.3, -0.25) is 14.3 Å². The van der Waals surface area contributed by atoms with Gasteiger partial charge in [-0.2, -0.15) is 5.10 Å². The van der Waals surface area contributed by atoms with Gasteiger partial charge in [0.25, 0.3) is 0 Å². The molecule has 0 bridgehead atoms. The highest BCUT2D eigenvalue weighted by Crippen LogP contribution is 2.07. The molecule has 2 amide bonds. The zero-order valence-corrected chi connectivity index (χ0v) is 10.8. The van der Waals surface area contributed by atoms with Crippen molar-refractivity contribution >= 4 is 17.5 Å². The third-order valence-electron chi connectivity index (χ3n) is 2.51. The standard InChI is InChI=1S/C11H19N5O2/c1-7(2)10(12)11(18)15-8-4-14-16(5-8)6-9(17)13-3/h4-5,7,10H,6,12H2,1-3H3,(H,13,17)(H,15,18)/t10-/m1/s1. The van der Waals surface area contributed by atoms with E-state index in [2.05, 4.69) is 15.7 Å². The lowest BCUT2D eigenvalue weighted by Gasteiger charge is -2.14. The predicted molar refractivity (Wildman–Crippen MR) is 67.7 cm³/mol. The molecular weight excluding hydrogens is 234 g/mol. The van der Waals surface area contributed by atoms with Gasteiger partial charge in [-0.05, 0) is 5.92 Å². The van der Waals surface area contributed by atoms with Gasteiger partial charge in [0.05, 0.1) is 17.9 Å². The minimum Gasteiger partial charge on any atom is -0.358 e. The first-order chi connectivity index (χ1) is 8.43. The highest BCUT2D eigenvalue weighted by Gasteiger charge is 2.17. The van der Waals surface area contributed by atoms with Gasteiger partial charge < -0.3 is 16.4 Å². The fraction of sp³-hybridized carbons (Fsp3) is 0.545. The maximum Gasteiger partial charge on any atom is 0.241 e. The van der Waals surface area contributed by atoms with E-state index < -0.39 is 6.04 Å². The summed E-state index contributed by atoms with van der Waals surface area (Å²) in [5.74, 6) is -0.356. The number of hydrogen-bond acceptors (Lipinski definition) is 4. The van der Waals surface area contributed by atoms with Gasteiger partial charge in [-0.15, -0.1) is 0 Å². The van der Waals surface area contributed by atoms with Crippen molar-refractivity contribution in [2.75, 3.05) is 12.4 Å². The Bertz CT molecular complexity index is 427. The first-order valence-corrected chi connectivity index (χ1v) is 5.73. The van der Waals surface area contributed by atoms with Crippen molar-refractivity contribution < 1.29 is 9.59 Å². The average Bonchev–Trinajstić information content (AvgIpc) is 2.74. The highest BCUT2D eigenvalue weighted by atomic mass is 16.2. The molecule has 1 heterocycles. The number of rotatable bonds is 5. The minimum absolute atomic E-state index is 0.0610. The van der Waals surface area contributed by atoms with Crippen LogP contribution < -0.4 is 16.4 Å². The third kappa shape index (κ3) is 3.85. The quantitative estimate of drug-likeness (QED) is 0.661. The van der Waals surface area contributed by atoms with Crippen LogP contribution in [0.2, 0.25) is 0 Å². The summed E-state index contributed by atoms with van der Waals surface area (Å²) in [6.07, 6.45) is 3.06. The fourth-order valence-electron chi connectivity index (χ4n) is 1.27. The molecule has 0 aliphatic heterocycles. The first-order valence-electron chi connectivity index (χ1n) is 5.73. The Morgan fingerprint density at radius 1 is 1.50 bits per heavy atom. The Kier molecular flexibility index (Phi) is 4.85. The third-order valence-corrected chi connectivity index (χ3v) is 2.51. The van der Waals surface area contributed by atoms with Crippen molar-refractivity contribution in [2.24, 2.45) is 11.7 Å². The van der Waals surface area contributed by atoms with Crippen LogP contribution in [0.5, 0.6) is 0 Å². The zero-order chi connectivity index (χ0) is 13.7. The Balaban J connectivity index is 2.59. The molecule has 1 aromatic heterocycles. The lowest BCUT2D eigenvalue weighted by molar-refractivity contribution is -0.121. The van der Waals surface area contributed by atoms with E-state index >= 15 is 0 Å². The van der Waals surface area contributed by atoms with E-state index in [0.29, 0.717) is 5.69 Å². The topological polar surface area (TPSA) is 102 Å². The molecule has 0 spiro atoms. The van der Waals surface area contributed by atoms with Gasteiger partial charge in [-0.25, -0.2) is 0 Å². The normalized spacial score (nSPS) is 12.3. The van der Waals surface area contributed by atoms with Crippen LogP contribution in [0.1, 0.15) is 13.8 Å². The number of hydrogen-bond donors (Lipinski definition) is 3. The molecule has 0 unspecified atom stereocenters. The maximum absolute atomic E-state index is 11.7. The van der Waals surface area contributed by atoms with Crippen LogP contribution in [-0.2, 0) is 16.1 Å². The molecule has 4 N–H and O–H groups in total. The molecule has 1 rings (SSSR count). The number of likely N-dealkylation sites (N-methyl/N-ethyl adjacent to an activating group) is 1. The molecule has 1 aromatic rings. The van der Waals surface area contributed by atoms with E-state index in [4.69, 9.17) is 5.73 Å². The number of nitrogens with one attached hydrogen (secondary N) is 2. The molecule has 0 aliphatic carbocycles. The Morgan fingerprint density at radius 3 is 2.72 bits per heavy atom. The van der Waals surface area contributed by atoms with Crippen molar-refractivity contribution in [1.29, 1.82) is 0 Å². The molecule has 7 nitrogen and oxygen atoms in total. The van der Waals surface area contributed by atoms with E-state index in [1.807, 2.05) is 13.8 Å². The molecule has 18 heavy (non-hydrogen) atoms. The predicted octanol–water partition coefficient (Wildman–Crippen LogP) is -0.449. The highest BCUT2D eigenvalue weighted by molar-refractivity contribution is 5.94. The second kappa shape index (κ2) is 6.15. The minimum atomic E-state index is -0.563.